The summed E-state index contributed by atoms with van der Waals surface area (Å²) >= 11 is 1.34. The van der Waals surface area contributed by atoms with Crippen molar-refractivity contribution < 1.29 is 27.9 Å². The number of fused-ring (bicyclic) bond motifs is 1. The molecule has 15 heteroatoms. The topological polar surface area (TPSA) is 183 Å². The van der Waals surface area contributed by atoms with Crippen LogP contribution in [-0.2, 0) is 27.8 Å². The van der Waals surface area contributed by atoms with Gasteiger partial charge in [-0.1, -0.05) is 50.3 Å². The Labute approximate surface area is 281 Å². The number of benzene rings is 1. The molecule has 2 aromatic heterocycles. The normalized spacial score (nSPS) is 15.5. The Balaban J connectivity index is 1.29. The first kappa shape index (κ1) is 34.6. The smallest absolute Gasteiger partial charge is 0.407 e. The number of aliphatic hydroxyl groups is 1. The van der Waals surface area contributed by atoms with Crippen molar-refractivity contribution >= 4 is 39.1 Å². The van der Waals surface area contributed by atoms with E-state index in [1.165, 1.54) is 40.0 Å². The van der Waals surface area contributed by atoms with Crippen LogP contribution in [0.2, 0.25) is 0 Å². The third-order valence-electron chi connectivity index (χ3n) is 7.49. The number of amides is 2. The monoisotopic (exact) mass is 692 g/mol. The van der Waals surface area contributed by atoms with Crippen LogP contribution in [0, 0.1) is 5.92 Å². The maximum atomic E-state index is 14.1. The molecule has 0 saturated heterocycles. The molecular formula is C33H36N6O7S2. The molecular weight excluding hydrogens is 657 g/mol. The number of nitrogens with zero attached hydrogens (tertiary/aromatic N) is 3. The summed E-state index contributed by atoms with van der Waals surface area (Å²) in [4.78, 5) is 48.4. The van der Waals surface area contributed by atoms with Crippen molar-refractivity contribution in [1.82, 2.24) is 24.9 Å². The Hall–Kier alpha value is -4.70. The van der Waals surface area contributed by atoms with Gasteiger partial charge in [-0.05, 0) is 36.1 Å². The van der Waals surface area contributed by atoms with E-state index in [2.05, 4.69) is 25.6 Å². The van der Waals surface area contributed by atoms with Crippen LogP contribution in [0.3, 0.4) is 0 Å². The van der Waals surface area contributed by atoms with Crippen molar-refractivity contribution in [3.63, 3.8) is 0 Å². The molecule has 2 aliphatic rings. The number of aromatic nitrogens is 2. The number of thiazole rings is 1. The highest BCUT2D eigenvalue weighted by atomic mass is 32.2. The third kappa shape index (κ3) is 9.01. The van der Waals surface area contributed by atoms with E-state index in [9.17, 15) is 27.9 Å². The molecule has 3 aromatic rings. The van der Waals surface area contributed by atoms with Crippen molar-refractivity contribution in [3.05, 3.63) is 121 Å². The molecule has 0 saturated carbocycles. The highest BCUT2D eigenvalue weighted by Crippen LogP contribution is 2.29. The summed E-state index contributed by atoms with van der Waals surface area (Å²) in [6.45, 7) is 3.60. The fourth-order valence-electron chi connectivity index (χ4n) is 5.12. The van der Waals surface area contributed by atoms with Gasteiger partial charge in [0.15, 0.2) is 0 Å². The van der Waals surface area contributed by atoms with Crippen molar-refractivity contribution in [1.29, 1.82) is 0 Å². The molecule has 2 amide bonds. The summed E-state index contributed by atoms with van der Waals surface area (Å²) in [6, 6.07) is 11.0. The molecule has 1 aromatic carbocycles. The van der Waals surface area contributed by atoms with E-state index in [4.69, 9.17) is 4.74 Å². The lowest BCUT2D eigenvalue weighted by molar-refractivity contribution is 0.0877. The zero-order valence-corrected chi connectivity index (χ0v) is 28.0. The fourth-order valence-corrected chi connectivity index (χ4v) is 7.36. The van der Waals surface area contributed by atoms with Crippen LogP contribution in [0.4, 0.5) is 4.79 Å². The van der Waals surface area contributed by atoms with Gasteiger partial charge in [-0.3, -0.25) is 14.6 Å². The molecule has 1 aliphatic carbocycles. The Morgan fingerprint density at radius 2 is 1.92 bits per heavy atom. The lowest BCUT2D eigenvalue weighted by Crippen LogP contribution is -2.51. The minimum atomic E-state index is -4.10. The number of carbonyl (C=O) groups excluding carboxylic acids is 2. The predicted molar refractivity (Wildman–Crippen MR) is 182 cm³/mol. The van der Waals surface area contributed by atoms with Gasteiger partial charge in [0.05, 0.1) is 38.7 Å². The molecule has 2 unspecified atom stereocenters. The van der Waals surface area contributed by atoms with Crippen LogP contribution in [-0.4, -0.2) is 70.7 Å². The maximum absolute atomic E-state index is 14.1. The van der Waals surface area contributed by atoms with E-state index < -0.39 is 34.2 Å². The highest BCUT2D eigenvalue weighted by molar-refractivity contribution is 7.93. The van der Waals surface area contributed by atoms with Crippen LogP contribution in [0.1, 0.15) is 41.1 Å². The largest absolute Gasteiger partial charge is 0.444 e. The molecule has 252 valence electrons. The van der Waals surface area contributed by atoms with Crippen LogP contribution in [0.5, 0.6) is 0 Å². The van der Waals surface area contributed by atoms with Gasteiger partial charge in [-0.2, -0.15) is 4.31 Å². The minimum Gasteiger partial charge on any atom is -0.444 e. The number of aliphatic imine (C=N–C) groups is 1. The number of aromatic amines is 1. The van der Waals surface area contributed by atoms with Gasteiger partial charge in [-0.15, -0.1) is 11.3 Å². The number of allylic oxidation sites excluding steroid dienone is 5. The number of aliphatic hydroxyl groups excluding tert-OH is 1. The zero-order chi connectivity index (χ0) is 34.3. The molecule has 2 atom stereocenters. The first-order valence-corrected chi connectivity index (χ1v) is 17.5. The number of ether oxygens (including phenoxy) is 1. The number of sulfonamides is 1. The van der Waals surface area contributed by atoms with E-state index in [0.717, 1.165) is 10.4 Å². The van der Waals surface area contributed by atoms with Gasteiger partial charge in [0.2, 0.25) is 15.6 Å². The van der Waals surface area contributed by atoms with Crippen LogP contribution in [0.25, 0.3) is 0 Å². The molecule has 0 spiro atoms. The number of hydrogen-bond donors (Lipinski definition) is 4. The fraction of sp³-hybridized carbons (Fsp3) is 0.303. The SMILES string of the molecule is CC(C)CN(CC(O)C(Cc1ccccc1)NC(=O)OCc1cncs1)S(=O)(=O)C1=CC=C2C=C(NC(=O)c3ccc(=O)[nH]c3)N=C2C1. The van der Waals surface area contributed by atoms with Gasteiger partial charge in [-0.25, -0.2) is 18.2 Å². The van der Waals surface area contributed by atoms with E-state index in [0.29, 0.717) is 11.3 Å². The van der Waals surface area contributed by atoms with Gasteiger partial charge in [0.25, 0.3) is 5.91 Å². The minimum absolute atomic E-state index is 0.0133. The summed E-state index contributed by atoms with van der Waals surface area (Å²) in [5.74, 6) is -0.316. The zero-order valence-electron chi connectivity index (χ0n) is 26.3. The van der Waals surface area contributed by atoms with E-state index in [-0.39, 0.29) is 60.3 Å². The van der Waals surface area contributed by atoms with Gasteiger partial charge in [0, 0.05) is 43.5 Å². The second-order valence-electron chi connectivity index (χ2n) is 11.7. The number of carbonyl (C=O) groups is 2. The molecule has 13 nitrogen and oxygen atoms in total. The van der Waals surface area contributed by atoms with Crippen LogP contribution < -0.4 is 16.2 Å². The maximum Gasteiger partial charge on any atom is 0.407 e. The standard InChI is InChI=1S/C33H36N6O7S2/c1-21(2)17-39(18-29(40)28(12-22-6-4-3-5-7-22)37-33(43)46-19-25-16-34-20-47-25)48(44,45)26-10-8-23-13-30(36-27(23)14-26)38-32(42)24-9-11-31(41)35-15-24/h3-11,13,15-16,20-21,28-29,40H,12,14,17-19H2,1-2H3,(H,35,41)(H,37,43)(H,38,42). The number of pyridine rings is 1. The summed E-state index contributed by atoms with van der Waals surface area (Å²) in [5.41, 5.74) is 3.48. The molecule has 0 bridgehead atoms. The first-order valence-electron chi connectivity index (χ1n) is 15.2. The Bertz CT molecular complexity index is 1900. The van der Waals surface area contributed by atoms with Gasteiger partial charge >= 0.3 is 6.09 Å². The van der Waals surface area contributed by atoms with Crippen molar-refractivity contribution in [2.45, 2.75) is 45.4 Å². The van der Waals surface area contributed by atoms with Gasteiger partial charge < -0.3 is 25.5 Å². The summed E-state index contributed by atoms with van der Waals surface area (Å²) < 4.78 is 34.7. The summed E-state index contributed by atoms with van der Waals surface area (Å²) in [6.07, 6.45) is 5.83. The molecule has 0 fully saturated rings. The lowest BCUT2D eigenvalue weighted by Gasteiger charge is -2.31. The number of H-pyrrole nitrogens is 1. The number of alkyl carbamates (subject to hydrolysis) is 1. The Morgan fingerprint density at radius 3 is 2.60 bits per heavy atom. The molecule has 0 radical (unpaired) electrons. The summed E-state index contributed by atoms with van der Waals surface area (Å²) in [7, 11) is -4.10. The van der Waals surface area contributed by atoms with Crippen molar-refractivity contribution in [2.24, 2.45) is 10.9 Å². The average Bonchev–Trinajstić information content (AvgIpc) is 3.73. The van der Waals surface area contributed by atoms with Crippen molar-refractivity contribution in [2.75, 3.05) is 13.1 Å². The van der Waals surface area contributed by atoms with Crippen LogP contribution in [0.15, 0.2) is 105 Å². The Kier molecular flexibility index (Phi) is 11.2. The van der Waals surface area contributed by atoms with E-state index in [1.807, 2.05) is 44.2 Å². The second kappa shape index (κ2) is 15.5. The molecule has 1 aliphatic heterocycles. The Morgan fingerprint density at radius 1 is 1.12 bits per heavy atom. The van der Waals surface area contributed by atoms with Crippen molar-refractivity contribution in [3.8, 4) is 0 Å². The number of nitrogens with one attached hydrogen (secondary N) is 3. The van der Waals surface area contributed by atoms with E-state index >= 15 is 0 Å². The quantitative estimate of drug-likeness (QED) is 0.199. The number of rotatable bonds is 14. The third-order valence-corrected chi connectivity index (χ3v) is 10.2. The summed E-state index contributed by atoms with van der Waals surface area (Å²) in [5, 5.41) is 16.9. The first-order chi connectivity index (χ1) is 23.0. The molecule has 3 heterocycles. The molecule has 48 heavy (non-hydrogen) atoms. The van der Waals surface area contributed by atoms with Gasteiger partial charge in [0.1, 0.15) is 12.4 Å². The lowest BCUT2D eigenvalue weighted by atomic mass is 10.0. The molecule has 4 N–H and O–H groups in total. The molecule has 5 rings (SSSR count). The predicted octanol–water partition coefficient (Wildman–Crippen LogP) is 3.26. The number of hydrogen-bond acceptors (Lipinski definition) is 10. The average molecular weight is 693 g/mol. The van der Waals surface area contributed by atoms with E-state index in [1.54, 1.807) is 23.9 Å². The highest BCUT2D eigenvalue weighted by Gasteiger charge is 2.35. The van der Waals surface area contributed by atoms with Crippen LogP contribution >= 0.6 is 11.3 Å². The second-order valence-corrected chi connectivity index (χ2v) is 14.6.